The van der Waals surface area contributed by atoms with Gasteiger partial charge in [-0.05, 0) is 6.07 Å². The Kier molecular flexibility index (Phi) is 3.10. The maximum atomic E-state index is 10.3. The number of hydrogen-bond donors (Lipinski definition) is 1. The molecule has 0 saturated carbocycles. The summed E-state index contributed by atoms with van der Waals surface area (Å²) in [7, 11) is 0. The molecule has 0 aliphatic carbocycles. The first-order valence-corrected chi connectivity index (χ1v) is 5.19. The standard InChI is InChI=1S/C8H6N4O3S/c13-6(14)4-16-8-12-11-7(15-8)5-1-2-9-10-3-5/h1-3H,4H2,(H,13,14). The highest BCUT2D eigenvalue weighted by atomic mass is 32.2. The van der Waals surface area contributed by atoms with Gasteiger partial charge in [-0.25, -0.2) is 0 Å². The number of carbonyl (C=O) groups is 1. The van der Waals surface area contributed by atoms with E-state index in [1.54, 1.807) is 6.07 Å². The lowest BCUT2D eigenvalue weighted by molar-refractivity contribution is -0.133. The highest BCUT2D eigenvalue weighted by Gasteiger charge is 2.10. The summed E-state index contributed by atoms with van der Waals surface area (Å²) in [5, 5.41) is 23.4. The number of nitrogens with zero attached hydrogens (tertiary/aromatic N) is 4. The molecule has 0 atom stereocenters. The molecule has 0 aromatic carbocycles. The van der Waals surface area contributed by atoms with E-state index >= 15 is 0 Å². The number of rotatable bonds is 4. The van der Waals surface area contributed by atoms with Crippen molar-refractivity contribution in [2.75, 3.05) is 5.75 Å². The second-order valence-corrected chi connectivity index (χ2v) is 3.61. The van der Waals surface area contributed by atoms with E-state index in [-0.39, 0.29) is 11.0 Å². The van der Waals surface area contributed by atoms with Crippen LogP contribution in [0.4, 0.5) is 0 Å². The predicted molar refractivity (Wildman–Crippen MR) is 53.7 cm³/mol. The SMILES string of the molecule is O=C(O)CSc1nnc(-c2ccnnc2)o1. The number of hydrogen-bond acceptors (Lipinski definition) is 7. The second kappa shape index (κ2) is 4.71. The van der Waals surface area contributed by atoms with Crippen LogP contribution in [0.1, 0.15) is 0 Å². The quantitative estimate of drug-likeness (QED) is 0.776. The molecule has 0 bridgehead atoms. The van der Waals surface area contributed by atoms with Crippen LogP contribution in [0.15, 0.2) is 28.1 Å². The lowest BCUT2D eigenvalue weighted by atomic mass is 10.3. The van der Waals surface area contributed by atoms with Crippen molar-refractivity contribution in [3.05, 3.63) is 18.5 Å². The average molecular weight is 238 g/mol. The summed E-state index contributed by atoms with van der Waals surface area (Å²) in [6, 6.07) is 1.67. The van der Waals surface area contributed by atoms with E-state index in [9.17, 15) is 4.79 Å². The number of aromatic nitrogens is 4. The number of carboxylic acids is 1. The van der Waals surface area contributed by atoms with E-state index in [4.69, 9.17) is 9.52 Å². The molecule has 82 valence electrons. The Morgan fingerprint density at radius 2 is 2.31 bits per heavy atom. The molecule has 0 radical (unpaired) electrons. The van der Waals surface area contributed by atoms with Gasteiger partial charge in [0, 0.05) is 0 Å². The summed E-state index contributed by atoms with van der Waals surface area (Å²) < 4.78 is 5.23. The first-order chi connectivity index (χ1) is 7.75. The minimum Gasteiger partial charge on any atom is -0.481 e. The first kappa shape index (κ1) is 10.6. The fraction of sp³-hybridized carbons (Fsp3) is 0.125. The second-order valence-electron chi connectivity index (χ2n) is 2.69. The van der Waals surface area contributed by atoms with Crippen LogP contribution in [0.3, 0.4) is 0 Å². The average Bonchev–Trinajstić information content (AvgIpc) is 2.76. The zero-order chi connectivity index (χ0) is 11.4. The van der Waals surface area contributed by atoms with Crippen LogP contribution < -0.4 is 0 Å². The fourth-order valence-electron chi connectivity index (χ4n) is 0.925. The van der Waals surface area contributed by atoms with Gasteiger partial charge in [0.1, 0.15) is 5.75 Å². The molecule has 0 amide bonds. The highest BCUT2D eigenvalue weighted by molar-refractivity contribution is 7.99. The van der Waals surface area contributed by atoms with Crippen LogP contribution in [0.25, 0.3) is 11.5 Å². The largest absolute Gasteiger partial charge is 0.481 e. The number of aliphatic carboxylic acids is 1. The molecule has 0 saturated heterocycles. The van der Waals surface area contributed by atoms with Gasteiger partial charge >= 0.3 is 5.97 Å². The van der Waals surface area contributed by atoms with Gasteiger partial charge in [0.2, 0.25) is 5.89 Å². The summed E-state index contributed by atoms with van der Waals surface area (Å²) in [5.74, 6) is -0.755. The van der Waals surface area contributed by atoms with Crippen molar-refractivity contribution in [1.82, 2.24) is 20.4 Å². The van der Waals surface area contributed by atoms with Crippen LogP contribution in [0, 0.1) is 0 Å². The minimum absolute atomic E-state index is 0.115. The van der Waals surface area contributed by atoms with Gasteiger partial charge in [-0.3, -0.25) is 4.79 Å². The molecule has 0 fully saturated rings. The molecule has 0 spiro atoms. The molecule has 0 unspecified atom stereocenters. The Labute approximate surface area is 93.9 Å². The summed E-state index contributed by atoms with van der Waals surface area (Å²) in [4.78, 5) is 10.3. The zero-order valence-corrected chi connectivity index (χ0v) is 8.72. The van der Waals surface area contributed by atoms with Crippen molar-refractivity contribution in [1.29, 1.82) is 0 Å². The smallest absolute Gasteiger partial charge is 0.314 e. The molecule has 2 heterocycles. The first-order valence-electron chi connectivity index (χ1n) is 4.21. The third-order valence-corrected chi connectivity index (χ3v) is 2.36. The molecule has 16 heavy (non-hydrogen) atoms. The molecular weight excluding hydrogens is 232 g/mol. The summed E-state index contributed by atoms with van der Waals surface area (Å²) in [6.45, 7) is 0. The Bertz CT molecular complexity index is 487. The Morgan fingerprint density at radius 1 is 1.44 bits per heavy atom. The van der Waals surface area contributed by atoms with Crippen LogP contribution >= 0.6 is 11.8 Å². The lowest BCUT2D eigenvalue weighted by Crippen LogP contribution is -1.97. The molecular formula is C8H6N4O3S. The van der Waals surface area contributed by atoms with Gasteiger partial charge in [-0.15, -0.1) is 10.2 Å². The van der Waals surface area contributed by atoms with E-state index in [0.717, 1.165) is 11.8 Å². The monoisotopic (exact) mass is 238 g/mol. The minimum atomic E-state index is -0.935. The third-order valence-electron chi connectivity index (χ3n) is 1.56. The van der Waals surface area contributed by atoms with Gasteiger partial charge in [0.25, 0.3) is 5.22 Å². The van der Waals surface area contributed by atoms with Crippen molar-refractivity contribution in [3.63, 3.8) is 0 Å². The van der Waals surface area contributed by atoms with Gasteiger partial charge in [-0.2, -0.15) is 10.2 Å². The third kappa shape index (κ3) is 2.54. The summed E-state index contributed by atoms with van der Waals surface area (Å²) >= 11 is 0.968. The Morgan fingerprint density at radius 3 is 3.00 bits per heavy atom. The van der Waals surface area contributed by atoms with Gasteiger partial charge in [0.15, 0.2) is 0 Å². The highest BCUT2D eigenvalue weighted by Crippen LogP contribution is 2.21. The normalized spacial score (nSPS) is 10.2. The number of carboxylic acid groups (broad SMARTS) is 1. The molecule has 0 aliphatic rings. The predicted octanol–water partition coefficient (Wildman–Crippen LogP) is 0.703. The maximum absolute atomic E-state index is 10.3. The summed E-state index contributed by atoms with van der Waals surface area (Å²) in [5.41, 5.74) is 0.643. The van der Waals surface area contributed by atoms with Gasteiger partial charge in [-0.1, -0.05) is 11.8 Å². The Hall–Kier alpha value is -1.96. The summed E-state index contributed by atoms with van der Waals surface area (Å²) in [6.07, 6.45) is 2.99. The molecule has 2 aromatic heterocycles. The van der Waals surface area contributed by atoms with Gasteiger partial charge in [0.05, 0.1) is 18.0 Å². The van der Waals surface area contributed by atoms with Crippen molar-refractivity contribution < 1.29 is 14.3 Å². The number of thioether (sulfide) groups is 1. The van der Waals surface area contributed by atoms with E-state index in [2.05, 4.69) is 20.4 Å². The van der Waals surface area contributed by atoms with Crippen LogP contribution in [0.2, 0.25) is 0 Å². The van der Waals surface area contributed by atoms with Crippen LogP contribution in [-0.4, -0.2) is 37.2 Å². The lowest BCUT2D eigenvalue weighted by Gasteiger charge is -1.91. The topological polar surface area (TPSA) is 102 Å². The van der Waals surface area contributed by atoms with Crippen molar-refractivity contribution >= 4 is 17.7 Å². The maximum Gasteiger partial charge on any atom is 0.314 e. The van der Waals surface area contributed by atoms with E-state index in [0.29, 0.717) is 11.5 Å². The van der Waals surface area contributed by atoms with Crippen LogP contribution in [-0.2, 0) is 4.79 Å². The van der Waals surface area contributed by atoms with E-state index < -0.39 is 5.97 Å². The van der Waals surface area contributed by atoms with E-state index in [1.807, 2.05) is 0 Å². The Balaban J connectivity index is 2.11. The van der Waals surface area contributed by atoms with Crippen molar-refractivity contribution in [2.24, 2.45) is 0 Å². The van der Waals surface area contributed by atoms with Crippen molar-refractivity contribution in [3.8, 4) is 11.5 Å². The fourth-order valence-corrected chi connectivity index (χ4v) is 1.41. The molecule has 7 nitrogen and oxygen atoms in total. The molecule has 8 heteroatoms. The van der Waals surface area contributed by atoms with Gasteiger partial charge < -0.3 is 9.52 Å². The van der Waals surface area contributed by atoms with Crippen molar-refractivity contribution in [2.45, 2.75) is 5.22 Å². The van der Waals surface area contributed by atoms with Crippen LogP contribution in [0.5, 0.6) is 0 Å². The van der Waals surface area contributed by atoms with E-state index in [1.165, 1.54) is 12.4 Å². The molecule has 1 N–H and O–H groups in total. The zero-order valence-electron chi connectivity index (χ0n) is 7.90. The molecule has 2 aromatic rings. The molecule has 0 aliphatic heterocycles. The molecule has 2 rings (SSSR count).